The molecule has 3 heterocycles. The molecule has 0 spiro atoms. The van der Waals surface area contributed by atoms with Gasteiger partial charge in [-0.05, 0) is 48.9 Å². The number of carbonyl (C=O) groups is 2. The van der Waals surface area contributed by atoms with Crippen LogP contribution in [0.2, 0.25) is 5.02 Å². The van der Waals surface area contributed by atoms with E-state index in [4.69, 9.17) is 21.3 Å². The molecule has 5 rings (SSSR count). The molecule has 0 saturated heterocycles. The van der Waals surface area contributed by atoms with Crippen molar-refractivity contribution >= 4 is 56.1 Å². The molecule has 0 aliphatic heterocycles. The van der Waals surface area contributed by atoms with Crippen molar-refractivity contribution in [2.45, 2.75) is 13.5 Å². The summed E-state index contributed by atoms with van der Waals surface area (Å²) in [5, 5.41) is 0.386. The van der Waals surface area contributed by atoms with Crippen molar-refractivity contribution < 1.29 is 14.3 Å². The normalized spacial score (nSPS) is 11.7. The number of ether oxygens (including phenoxy) is 1. The number of nitrogens with zero attached hydrogens (tertiary/aromatic N) is 4. The van der Waals surface area contributed by atoms with Crippen molar-refractivity contribution in [3.63, 3.8) is 0 Å². The Bertz CT molecular complexity index is 1850. The monoisotopic (exact) mass is 590 g/mol. The number of fused-ring (bicyclic) bond motifs is 2. The van der Waals surface area contributed by atoms with Crippen molar-refractivity contribution in [1.29, 1.82) is 0 Å². The minimum Gasteiger partial charge on any atom is -0.462 e. The largest absolute Gasteiger partial charge is 0.462 e. The zero-order chi connectivity index (χ0) is 26.8. The lowest BCUT2D eigenvalue weighted by Crippen LogP contribution is -2.33. The highest BCUT2D eigenvalue weighted by Gasteiger charge is 2.21. The van der Waals surface area contributed by atoms with Gasteiger partial charge < -0.3 is 9.30 Å². The van der Waals surface area contributed by atoms with E-state index in [1.807, 2.05) is 30.3 Å². The molecule has 2 aromatic carbocycles. The molecule has 3 aromatic heterocycles. The highest BCUT2D eigenvalue weighted by atomic mass is 79.9. The second kappa shape index (κ2) is 10.7. The third-order valence-electron chi connectivity index (χ3n) is 5.83. The van der Waals surface area contributed by atoms with Gasteiger partial charge in [-0.25, -0.2) is 9.78 Å². The Morgan fingerprint density at radius 3 is 2.55 bits per heavy atom. The number of aromatic nitrogens is 3. The Morgan fingerprint density at radius 2 is 1.79 bits per heavy atom. The summed E-state index contributed by atoms with van der Waals surface area (Å²) in [5.74, 6) is -1.39. The standard InChI is InChI=1S/C28H20BrClN4O4/c1-2-38-28(37)21-15-20-24(31-23-10-6-7-13-33(23)27(20)36)34(16-17-8-4-3-5-9-17)25(21)32-26(35)19-14-18(29)11-12-22(19)30/h3-15H,2,16H2,1H3. The molecule has 8 nitrogen and oxygen atoms in total. The lowest BCUT2D eigenvalue weighted by Gasteiger charge is -2.15. The summed E-state index contributed by atoms with van der Waals surface area (Å²) in [4.78, 5) is 49.2. The number of hydrogen-bond acceptors (Lipinski definition) is 5. The fraction of sp³-hybridized carbons (Fsp3) is 0.107. The second-order valence-electron chi connectivity index (χ2n) is 8.30. The maximum absolute atomic E-state index is 13.5. The van der Waals surface area contributed by atoms with E-state index >= 15 is 0 Å². The van der Waals surface area contributed by atoms with Crippen molar-refractivity contribution in [2.24, 2.45) is 4.99 Å². The fourth-order valence-electron chi connectivity index (χ4n) is 4.09. The van der Waals surface area contributed by atoms with E-state index in [0.717, 1.165) is 5.56 Å². The minimum absolute atomic E-state index is 0.00743. The third-order valence-corrected chi connectivity index (χ3v) is 6.66. The zero-order valence-electron chi connectivity index (χ0n) is 20.1. The van der Waals surface area contributed by atoms with E-state index < -0.39 is 11.9 Å². The van der Waals surface area contributed by atoms with Crippen molar-refractivity contribution in [3.05, 3.63) is 121 Å². The molecule has 0 N–H and O–H groups in total. The molecule has 38 heavy (non-hydrogen) atoms. The minimum atomic E-state index is -0.722. The first-order valence-corrected chi connectivity index (χ1v) is 12.8. The predicted molar refractivity (Wildman–Crippen MR) is 148 cm³/mol. The second-order valence-corrected chi connectivity index (χ2v) is 9.62. The van der Waals surface area contributed by atoms with E-state index in [1.165, 1.54) is 10.5 Å². The van der Waals surface area contributed by atoms with E-state index in [0.29, 0.717) is 10.1 Å². The summed E-state index contributed by atoms with van der Waals surface area (Å²) in [6, 6.07) is 20.8. The Kier molecular flexibility index (Phi) is 7.22. The van der Waals surface area contributed by atoms with Gasteiger partial charge in [-0.3, -0.25) is 14.0 Å². The Labute approximate surface area is 229 Å². The smallest absolute Gasteiger partial charge is 0.341 e. The van der Waals surface area contributed by atoms with Crippen LogP contribution in [0.5, 0.6) is 0 Å². The number of hydrogen-bond donors (Lipinski definition) is 0. The number of rotatable bonds is 5. The van der Waals surface area contributed by atoms with Gasteiger partial charge in [-0.15, -0.1) is 0 Å². The van der Waals surface area contributed by atoms with Crippen LogP contribution in [0, 0.1) is 0 Å². The van der Waals surface area contributed by atoms with Crippen LogP contribution in [0.15, 0.2) is 93.3 Å². The van der Waals surface area contributed by atoms with Crippen LogP contribution in [0.25, 0.3) is 16.7 Å². The topological polar surface area (TPSA) is 95.0 Å². The molecule has 0 radical (unpaired) electrons. The fourth-order valence-corrected chi connectivity index (χ4v) is 4.65. The molecule has 0 atom stereocenters. The molecule has 190 valence electrons. The lowest BCUT2D eigenvalue weighted by atomic mass is 10.1. The Balaban J connectivity index is 1.91. The first-order chi connectivity index (χ1) is 18.4. The van der Waals surface area contributed by atoms with Gasteiger partial charge in [0.25, 0.3) is 11.5 Å². The van der Waals surface area contributed by atoms with Gasteiger partial charge in [-0.1, -0.05) is 63.9 Å². The number of carbonyl (C=O) groups excluding carboxylic acids is 2. The first kappa shape index (κ1) is 25.6. The van der Waals surface area contributed by atoms with Crippen LogP contribution in [0.3, 0.4) is 0 Å². The highest BCUT2D eigenvalue weighted by molar-refractivity contribution is 9.10. The Morgan fingerprint density at radius 1 is 1.03 bits per heavy atom. The van der Waals surface area contributed by atoms with Crippen LogP contribution in [-0.2, 0) is 11.3 Å². The van der Waals surface area contributed by atoms with Gasteiger partial charge in [0, 0.05) is 10.7 Å². The average Bonchev–Trinajstić information content (AvgIpc) is 2.92. The number of pyridine rings is 2. The van der Waals surface area contributed by atoms with Crippen LogP contribution in [0.1, 0.15) is 33.2 Å². The van der Waals surface area contributed by atoms with Crippen LogP contribution in [0.4, 0.5) is 0 Å². The summed E-state index contributed by atoms with van der Waals surface area (Å²) < 4.78 is 8.92. The Hall–Kier alpha value is -4.08. The molecule has 0 aliphatic carbocycles. The number of amides is 1. The summed E-state index contributed by atoms with van der Waals surface area (Å²) in [6.07, 6.45) is 1.60. The number of benzene rings is 2. The highest BCUT2D eigenvalue weighted by Crippen LogP contribution is 2.22. The van der Waals surface area contributed by atoms with Gasteiger partial charge in [0.2, 0.25) is 0 Å². The van der Waals surface area contributed by atoms with Gasteiger partial charge >= 0.3 is 5.97 Å². The third kappa shape index (κ3) is 4.90. The summed E-state index contributed by atoms with van der Waals surface area (Å²) in [7, 11) is 0. The van der Waals surface area contributed by atoms with E-state index in [1.54, 1.807) is 54.1 Å². The maximum atomic E-state index is 13.5. The number of esters is 1. The molecule has 5 aromatic rings. The zero-order valence-corrected chi connectivity index (χ0v) is 22.4. The van der Waals surface area contributed by atoms with Gasteiger partial charge in [0.15, 0.2) is 5.49 Å². The van der Waals surface area contributed by atoms with Crippen LogP contribution >= 0.6 is 27.5 Å². The molecule has 10 heteroatoms. The SMILES string of the molecule is CCOC(=O)c1cc2c(=O)n3ccccc3nc2n(Cc2ccccc2)c1=NC(=O)c1cc(Br)ccc1Cl. The first-order valence-electron chi connectivity index (χ1n) is 11.7. The summed E-state index contributed by atoms with van der Waals surface area (Å²) >= 11 is 9.66. The van der Waals surface area contributed by atoms with Gasteiger partial charge in [0.1, 0.15) is 16.9 Å². The van der Waals surface area contributed by atoms with E-state index in [9.17, 15) is 14.4 Å². The van der Waals surface area contributed by atoms with Crippen LogP contribution < -0.4 is 11.0 Å². The molecule has 0 bridgehead atoms. The summed E-state index contributed by atoms with van der Waals surface area (Å²) in [6.45, 7) is 1.94. The summed E-state index contributed by atoms with van der Waals surface area (Å²) in [5.41, 5.74) is 1.27. The molecule has 0 saturated carbocycles. The van der Waals surface area contributed by atoms with Crippen molar-refractivity contribution in [3.8, 4) is 0 Å². The average molecular weight is 592 g/mol. The lowest BCUT2D eigenvalue weighted by molar-refractivity contribution is 0.0523. The molecule has 1 amide bonds. The van der Waals surface area contributed by atoms with Crippen LogP contribution in [-0.4, -0.2) is 32.4 Å². The molecule has 0 aliphatic rings. The quantitative estimate of drug-likeness (QED) is 0.211. The van der Waals surface area contributed by atoms with E-state index in [-0.39, 0.29) is 51.4 Å². The van der Waals surface area contributed by atoms with Gasteiger partial charge in [-0.2, -0.15) is 4.99 Å². The maximum Gasteiger partial charge on any atom is 0.341 e. The molecular weight excluding hydrogens is 572 g/mol. The predicted octanol–water partition coefficient (Wildman–Crippen LogP) is 5.03. The molecule has 0 fully saturated rings. The van der Waals surface area contributed by atoms with Crippen molar-refractivity contribution in [2.75, 3.05) is 6.61 Å². The molecular formula is C28H20BrClN4O4. The van der Waals surface area contributed by atoms with Crippen molar-refractivity contribution in [1.82, 2.24) is 14.0 Å². The van der Waals surface area contributed by atoms with E-state index in [2.05, 4.69) is 20.9 Å². The number of halogens is 2. The molecule has 0 unspecified atom stereocenters. The van der Waals surface area contributed by atoms with Gasteiger partial charge in [0.05, 0.1) is 29.1 Å².